The van der Waals surface area contributed by atoms with Crippen molar-refractivity contribution in [3.8, 4) is 0 Å². The first-order valence-corrected chi connectivity index (χ1v) is 8.68. The van der Waals surface area contributed by atoms with E-state index in [2.05, 4.69) is 0 Å². The van der Waals surface area contributed by atoms with E-state index in [9.17, 15) is 23.1 Å². The van der Waals surface area contributed by atoms with E-state index in [-0.39, 0.29) is 28.6 Å². The number of carbonyl (C=O) groups is 1. The van der Waals surface area contributed by atoms with Gasteiger partial charge < -0.3 is 9.67 Å². The predicted molar refractivity (Wildman–Crippen MR) is 98.5 cm³/mol. The van der Waals surface area contributed by atoms with Crippen LogP contribution in [0.3, 0.4) is 0 Å². The number of aromatic carboxylic acids is 1. The van der Waals surface area contributed by atoms with Gasteiger partial charge in [0.2, 0.25) is 0 Å². The van der Waals surface area contributed by atoms with Crippen molar-refractivity contribution < 1.29 is 23.1 Å². The highest BCUT2D eigenvalue weighted by atomic mass is 35.5. The monoisotopic (exact) mass is 395 g/mol. The lowest BCUT2D eigenvalue weighted by atomic mass is 10.0. The average molecular weight is 396 g/mol. The second-order valence-electron chi connectivity index (χ2n) is 6.65. The summed E-state index contributed by atoms with van der Waals surface area (Å²) in [6.45, 7) is 3.86. The van der Waals surface area contributed by atoms with Crippen molar-refractivity contribution in [1.82, 2.24) is 4.57 Å². The molecule has 7 heteroatoms. The Balaban J connectivity index is 2.15. The van der Waals surface area contributed by atoms with E-state index in [1.54, 1.807) is 12.1 Å². The van der Waals surface area contributed by atoms with Crippen molar-refractivity contribution in [2.75, 3.05) is 0 Å². The van der Waals surface area contributed by atoms with Crippen LogP contribution in [0.25, 0.3) is 10.9 Å². The maximum absolute atomic E-state index is 13.4. The fourth-order valence-electron chi connectivity index (χ4n) is 3.33. The first-order valence-electron chi connectivity index (χ1n) is 8.30. The first kappa shape index (κ1) is 19.3. The number of fused-ring (bicyclic) bond motifs is 1. The van der Waals surface area contributed by atoms with Gasteiger partial charge in [0.05, 0.1) is 11.1 Å². The number of alkyl halides is 3. The molecule has 142 valence electrons. The number of aromatic nitrogens is 1. The summed E-state index contributed by atoms with van der Waals surface area (Å²) in [4.78, 5) is 11.2. The Labute approximate surface area is 159 Å². The lowest BCUT2D eigenvalue weighted by Gasteiger charge is -2.17. The zero-order valence-corrected chi connectivity index (χ0v) is 15.4. The Morgan fingerprint density at radius 2 is 1.85 bits per heavy atom. The molecule has 3 rings (SSSR count). The van der Waals surface area contributed by atoms with Crippen LogP contribution in [0.1, 0.15) is 47.1 Å². The lowest BCUT2D eigenvalue weighted by molar-refractivity contribution is -0.138. The molecule has 2 aromatic carbocycles. The largest absolute Gasteiger partial charge is 0.478 e. The molecule has 1 heterocycles. The van der Waals surface area contributed by atoms with Gasteiger partial charge in [-0.1, -0.05) is 17.7 Å². The highest BCUT2D eigenvalue weighted by Crippen LogP contribution is 2.36. The number of carboxylic acid groups (broad SMARTS) is 1. The third-order valence-corrected chi connectivity index (χ3v) is 4.67. The molecule has 0 aliphatic heterocycles. The summed E-state index contributed by atoms with van der Waals surface area (Å²) in [6, 6.07) is 10.2. The normalized spacial score (nSPS) is 12.1. The molecule has 0 aliphatic rings. The molecule has 0 atom stereocenters. The highest BCUT2D eigenvalue weighted by Gasteiger charge is 2.33. The van der Waals surface area contributed by atoms with Crippen LogP contribution in [0, 0.1) is 0 Å². The minimum atomic E-state index is -4.51. The van der Waals surface area contributed by atoms with E-state index in [1.165, 1.54) is 24.3 Å². The molecule has 1 aromatic heterocycles. The zero-order chi connectivity index (χ0) is 19.9. The Morgan fingerprint density at radius 1 is 1.15 bits per heavy atom. The van der Waals surface area contributed by atoms with Gasteiger partial charge in [0.25, 0.3) is 0 Å². The minimum Gasteiger partial charge on any atom is -0.478 e. The van der Waals surface area contributed by atoms with Crippen molar-refractivity contribution in [1.29, 1.82) is 0 Å². The average Bonchev–Trinajstić information content (AvgIpc) is 2.92. The fourth-order valence-corrected chi connectivity index (χ4v) is 3.51. The van der Waals surface area contributed by atoms with Crippen molar-refractivity contribution in [2.45, 2.75) is 32.5 Å². The van der Waals surface area contributed by atoms with Gasteiger partial charge in [-0.05, 0) is 55.8 Å². The van der Waals surface area contributed by atoms with Gasteiger partial charge in [-0.2, -0.15) is 13.2 Å². The molecular formula is C20H17ClF3NO2. The molecule has 0 unspecified atom stereocenters. The highest BCUT2D eigenvalue weighted by molar-refractivity contribution is 6.30. The smallest absolute Gasteiger partial charge is 0.416 e. The molecule has 0 spiro atoms. The van der Waals surface area contributed by atoms with Crippen molar-refractivity contribution >= 4 is 28.5 Å². The number of nitrogens with zero attached hydrogens (tertiary/aromatic N) is 1. The van der Waals surface area contributed by atoms with Crippen molar-refractivity contribution in [3.63, 3.8) is 0 Å². The lowest BCUT2D eigenvalue weighted by Crippen LogP contribution is -2.12. The summed E-state index contributed by atoms with van der Waals surface area (Å²) < 4.78 is 42.1. The number of rotatable bonds is 4. The van der Waals surface area contributed by atoms with Crippen LogP contribution in [-0.2, 0) is 12.6 Å². The molecule has 0 aliphatic carbocycles. The molecule has 0 fully saturated rings. The van der Waals surface area contributed by atoms with Crippen molar-refractivity contribution in [3.05, 3.63) is 69.9 Å². The number of benzene rings is 2. The van der Waals surface area contributed by atoms with Crippen LogP contribution < -0.4 is 0 Å². The second kappa shape index (κ2) is 6.93. The van der Waals surface area contributed by atoms with Gasteiger partial charge >= 0.3 is 12.1 Å². The predicted octanol–water partition coefficient (Wildman–Crippen LogP) is 6.18. The first-order chi connectivity index (χ1) is 12.6. The Hall–Kier alpha value is -2.47. The van der Waals surface area contributed by atoms with Gasteiger partial charge in [-0.25, -0.2) is 4.79 Å². The molecule has 0 amide bonds. The molecule has 0 saturated carbocycles. The van der Waals surface area contributed by atoms with Crippen LogP contribution in [0.2, 0.25) is 5.02 Å². The number of hydrogen-bond donors (Lipinski definition) is 1. The Morgan fingerprint density at radius 3 is 2.44 bits per heavy atom. The van der Waals surface area contributed by atoms with Gasteiger partial charge in [0.1, 0.15) is 0 Å². The van der Waals surface area contributed by atoms with Crippen LogP contribution >= 0.6 is 11.6 Å². The maximum Gasteiger partial charge on any atom is 0.416 e. The van der Waals surface area contributed by atoms with E-state index in [4.69, 9.17) is 11.6 Å². The Bertz CT molecular complexity index is 1020. The third kappa shape index (κ3) is 3.81. The summed E-state index contributed by atoms with van der Waals surface area (Å²) >= 11 is 5.76. The molecule has 0 bridgehead atoms. The standard InChI is InChI=1S/C20H17ClF3NO2/c1-11(2)25-16(9-14-7-13(19(26)27)4-6-18(14)25)8-12-3-5-15(21)10-17(12)20(22,23)24/h3-7,9-11H,8H2,1-2H3,(H,26,27). The summed E-state index contributed by atoms with van der Waals surface area (Å²) in [5.41, 5.74) is 0.956. The van der Waals surface area contributed by atoms with Gasteiger partial charge in [-0.3, -0.25) is 0 Å². The second-order valence-corrected chi connectivity index (χ2v) is 7.09. The SMILES string of the molecule is CC(C)n1c(Cc2ccc(Cl)cc2C(F)(F)F)cc2cc(C(=O)O)ccc21. The summed E-state index contributed by atoms with van der Waals surface area (Å²) in [7, 11) is 0. The summed E-state index contributed by atoms with van der Waals surface area (Å²) in [5.74, 6) is -1.05. The van der Waals surface area contributed by atoms with Crippen molar-refractivity contribution in [2.24, 2.45) is 0 Å². The fraction of sp³-hybridized carbons (Fsp3) is 0.250. The maximum atomic E-state index is 13.4. The van der Waals surface area contributed by atoms with Crippen LogP contribution in [0.15, 0.2) is 42.5 Å². The summed E-state index contributed by atoms with van der Waals surface area (Å²) in [6.07, 6.45) is -4.45. The molecule has 0 radical (unpaired) electrons. The number of halogens is 4. The molecule has 0 saturated heterocycles. The zero-order valence-electron chi connectivity index (χ0n) is 14.6. The summed E-state index contributed by atoms with van der Waals surface area (Å²) in [5, 5.41) is 9.88. The minimum absolute atomic E-state index is 0.00480. The van der Waals surface area contributed by atoms with Gasteiger partial charge in [0, 0.05) is 34.1 Å². The van der Waals surface area contributed by atoms with E-state index >= 15 is 0 Å². The van der Waals surface area contributed by atoms with Crippen LogP contribution in [-0.4, -0.2) is 15.6 Å². The Kier molecular flexibility index (Phi) is 4.95. The number of carboxylic acids is 1. The van der Waals surface area contributed by atoms with Gasteiger partial charge in [0.15, 0.2) is 0 Å². The van der Waals surface area contributed by atoms with Crippen LogP contribution in [0.5, 0.6) is 0 Å². The molecule has 27 heavy (non-hydrogen) atoms. The quantitative estimate of drug-likeness (QED) is 0.572. The number of hydrogen-bond acceptors (Lipinski definition) is 1. The van der Waals surface area contributed by atoms with Gasteiger partial charge in [-0.15, -0.1) is 0 Å². The van der Waals surface area contributed by atoms with Crippen LogP contribution in [0.4, 0.5) is 13.2 Å². The molecule has 3 aromatic rings. The molecular weight excluding hydrogens is 379 g/mol. The molecule has 1 N–H and O–H groups in total. The van der Waals surface area contributed by atoms with E-state index < -0.39 is 17.7 Å². The van der Waals surface area contributed by atoms with E-state index in [0.717, 1.165) is 11.6 Å². The van der Waals surface area contributed by atoms with E-state index in [0.29, 0.717) is 11.1 Å². The topological polar surface area (TPSA) is 42.2 Å². The van der Waals surface area contributed by atoms with E-state index in [1.807, 2.05) is 18.4 Å². The third-order valence-electron chi connectivity index (χ3n) is 4.43. The molecule has 3 nitrogen and oxygen atoms in total.